The molecule has 8 heteroatoms. The molecule has 0 fully saturated rings. The predicted octanol–water partition coefficient (Wildman–Crippen LogP) is 3.87. The van der Waals surface area contributed by atoms with Gasteiger partial charge in [0.1, 0.15) is 5.01 Å². The molecule has 0 radical (unpaired) electrons. The maximum Gasteiger partial charge on any atom is 0.483 e. The third kappa shape index (κ3) is 2.71. The fourth-order valence-corrected chi connectivity index (χ4v) is 3.87. The molecule has 0 saturated heterocycles. The van der Waals surface area contributed by atoms with Crippen LogP contribution in [0.5, 0.6) is 5.75 Å². The van der Waals surface area contributed by atoms with E-state index in [2.05, 4.69) is 9.72 Å². The van der Waals surface area contributed by atoms with Crippen LogP contribution in [0, 0.1) is 0 Å². The van der Waals surface area contributed by atoms with E-state index >= 15 is 0 Å². The molecule has 26 heavy (non-hydrogen) atoms. The number of rotatable bonds is 3. The average Bonchev–Trinajstić information content (AvgIpc) is 3.00. The number of aliphatic hydroxyl groups is 1. The molecule has 1 N–H and O–H groups in total. The minimum Gasteiger partial charge on any atom is -0.423 e. The van der Waals surface area contributed by atoms with E-state index < -0.39 is 18.1 Å². The van der Waals surface area contributed by atoms with Crippen molar-refractivity contribution in [3.63, 3.8) is 0 Å². The minimum absolute atomic E-state index is 0.104. The molecule has 1 atom stereocenters. The van der Waals surface area contributed by atoms with Gasteiger partial charge < -0.3 is 9.84 Å². The average molecular weight is 376 g/mol. The van der Waals surface area contributed by atoms with Crippen LogP contribution in [-0.2, 0) is 11.3 Å². The first-order valence-electron chi connectivity index (χ1n) is 7.91. The normalized spacial score (nSPS) is 17.1. The summed E-state index contributed by atoms with van der Waals surface area (Å²) in [6, 6.07) is 12.0. The molecule has 3 aromatic rings. The molecule has 1 aliphatic heterocycles. The second-order valence-electron chi connectivity index (χ2n) is 5.96. The second-order valence-corrected chi connectivity index (χ2v) is 7.07. The number of halogens is 2. The molecule has 1 aliphatic rings. The molecule has 1 aromatic heterocycles. The van der Waals surface area contributed by atoms with Crippen molar-refractivity contribution in [2.45, 2.75) is 25.7 Å². The monoisotopic (exact) mass is 376 g/mol. The van der Waals surface area contributed by atoms with Gasteiger partial charge in [0.25, 0.3) is 0 Å². The van der Waals surface area contributed by atoms with Crippen LogP contribution < -0.4 is 9.64 Å². The number of hydrogen-bond donors (Lipinski definition) is 1. The fraction of sp³-hybridized carbons (Fsp3) is 0.222. The van der Waals surface area contributed by atoms with Gasteiger partial charge in [-0.1, -0.05) is 24.3 Å². The summed E-state index contributed by atoms with van der Waals surface area (Å²) in [6.45, 7) is 1.35. The van der Waals surface area contributed by atoms with Crippen molar-refractivity contribution >= 4 is 33.1 Å². The highest BCUT2D eigenvalue weighted by molar-refractivity contribution is 7.18. The highest BCUT2D eigenvalue weighted by Gasteiger charge is 2.51. The van der Waals surface area contributed by atoms with Crippen molar-refractivity contribution in [1.82, 2.24) is 4.98 Å². The molecule has 134 valence electrons. The number of hydrogen-bond acceptors (Lipinski definition) is 5. The lowest BCUT2D eigenvalue weighted by molar-refractivity contribution is -0.193. The SMILES string of the molecule is C[C@H](O)c1cccc2c1OC(F)(F)C(=O)N2Cc1nc2ccccc2s1. The Morgan fingerprint density at radius 2 is 2.04 bits per heavy atom. The van der Waals surface area contributed by atoms with E-state index in [-0.39, 0.29) is 23.5 Å². The third-order valence-electron chi connectivity index (χ3n) is 4.12. The summed E-state index contributed by atoms with van der Waals surface area (Å²) in [7, 11) is 0. The zero-order valence-corrected chi connectivity index (χ0v) is 14.5. The Morgan fingerprint density at radius 1 is 1.27 bits per heavy atom. The van der Waals surface area contributed by atoms with E-state index in [1.165, 1.54) is 30.4 Å². The van der Waals surface area contributed by atoms with Gasteiger partial charge in [-0.3, -0.25) is 9.69 Å². The lowest BCUT2D eigenvalue weighted by Gasteiger charge is -2.34. The quantitative estimate of drug-likeness (QED) is 0.754. The summed E-state index contributed by atoms with van der Waals surface area (Å²) in [5.74, 6) is -1.64. The Kier molecular flexibility index (Phi) is 3.89. The van der Waals surface area contributed by atoms with Crippen molar-refractivity contribution < 1.29 is 23.4 Å². The number of aliphatic hydroxyl groups excluding tert-OH is 1. The van der Waals surface area contributed by atoms with E-state index in [1.54, 1.807) is 6.07 Å². The van der Waals surface area contributed by atoms with Crippen LogP contribution in [0.2, 0.25) is 0 Å². The highest BCUT2D eigenvalue weighted by Crippen LogP contribution is 2.44. The molecule has 0 unspecified atom stereocenters. The minimum atomic E-state index is -4.01. The summed E-state index contributed by atoms with van der Waals surface area (Å²) in [5, 5.41) is 10.4. The second kappa shape index (κ2) is 6.00. The number of carbonyl (C=O) groups is 1. The molecular weight excluding hydrogens is 362 g/mol. The van der Waals surface area contributed by atoms with Crippen LogP contribution in [0.3, 0.4) is 0 Å². The number of benzene rings is 2. The zero-order valence-electron chi connectivity index (χ0n) is 13.6. The summed E-state index contributed by atoms with van der Waals surface area (Å²) in [4.78, 5) is 17.6. The van der Waals surface area contributed by atoms with Crippen molar-refractivity contribution in [3.05, 3.63) is 53.0 Å². The van der Waals surface area contributed by atoms with E-state index in [0.717, 1.165) is 15.1 Å². The highest BCUT2D eigenvalue weighted by atomic mass is 32.1. The van der Waals surface area contributed by atoms with E-state index in [0.29, 0.717) is 5.01 Å². The van der Waals surface area contributed by atoms with Gasteiger partial charge in [-0.2, -0.15) is 8.78 Å². The van der Waals surface area contributed by atoms with Crippen LogP contribution in [0.25, 0.3) is 10.2 Å². The largest absolute Gasteiger partial charge is 0.483 e. The van der Waals surface area contributed by atoms with Crippen molar-refractivity contribution in [2.75, 3.05) is 4.90 Å². The first-order chi connectivity index (χ1) is 12.4. The van der Waals surface area contributed by atoms with Gasteiger partial charge in [-0.25, -0.2) is 4.98 Å². The lowest BCUT2D eigenvalue weighted by Crippen LogP contribution is -2.50. The fourth-order valence-electron chi connectivity index (χ4n) is 2.91. The van der Waals surface area contributed by atoms with Gasteiger partial charge >= 0.3 is 12.0 Å². The Morgan fingerprint density at radius 3 is 2.77 bits per heavy atom. The number of alkyl halides is 2. The van der Waals surface area contributed by atoms with Crippen LogP contribution in [-0.4, -0.2) is 22.1 Å². The summed E-state index contributed by atoms with van der Waals surface area (Å²) in [6.07, 6.45) is -5.02. The molecule has 0 aliphatic carbocycles. The Bertz CT molecular complexity index is 970. The summed E-state index contributed by atoms with van der Waals surface area (Å²) < 4.78 is 33.9. The molecule has 1 amide bonds. The van der Waals surface area contributed by atoms with Crippen LogP contribution in [0.1, 0.15) is 23.6 Å². The van der Waals surface area contributed by atoms with Crippen molar-refractivity contribution in [2.24, 2.45) is 0 Å². The van der Waals surface area contributed by atoms with Gasteiger partial charge in [-0.15, -0.1) is 11.3 Å². The maximum atomic E-state index is 14.2. The smallest absolute Gasteiger partial charge is 0.423 e. The van der Waals surface area contributed by atoms with Gasteiger partial charge in [0.15, 0.2) is 5.75 Å². The molecular formula is C18H14F2N2O3S. The number of anilines is 1. The Labute approximate surface area is 151 Å². The molecule has 0 saturated carbocycles. The maximum absolute atomic E-state index is 14.2. The molecule has 0 bridgehead atoms. The summed E-state index contributed by atoms with van der Waals surface area (Å²) in [5.41, 5.74) is 1.14. The Hall–Kier alpha value is -2.58. The summed E-state index contributed by atoms with van der Waals surface area (Å²) >= 11 is 1.34. The third-order valence-corrected chi connectivity index (χ3v) is 5.14. The molecule has 4 rings (SSSR count). The number of aromatic nitrogens is 1. The van der Waals surface area contributed by atoms with Gasteiger partial charge in [-0.05, 0) is 25.1 Å². The van der Waals surface area contributed by atoms with E-state index in [4.69, 9.17) is 0 Å². The molecule has 2 aromatic carbocycles. The van der Waals surface area contributed by atoms with E-state index in [1.807, 2.05) is 24.3 Å². The van der Waals surface area contributed by atoms with Crippen molar-refractivity contribution in [1.29, 1.82) is 0 Å². The van der Waals surface area contributed by atoms with E-state index in [9.17, 15) is 18.7 Å². The number of carbonyl (C=O) groups excluding carboxylic acids is 1. The number of fused-ring (bicyclic) bond motifs is 2. The number of nitrogens with zero attached hydrogens (tertiary/aromatic N) is 2. The first kappa shape index (κ1) is 16.9. The number of thiazole rings is 1. The number of para-hydroxylation sites is 2. The number of amides is 1. The first-order valence-corrected chi connectivity index (χ1v) is 8.72. The van der Waals surface area contributed by atoms with Crippen molar-refractivity contribution in [3.8, 4) is 5.75 Å². The zero-order chi connectivity index (χ0) is 18.5. The molecule has 2 heterocycles. The lowest BCUT2D eigenvalue weighted by atomic mass is 10.1. The standard InChI is InChI=1S/C18H14F2N2O3S/c1-10(23)11-5-4-7-13-16(11)25-18(19,20)17(24)22(13)9-15-21-12-6-2-3-8-14(12)26-15/h2-8,10,23H,9H2,1H3/t10-/m0/s1. The number of ether oxygens (including phenoxy) is 1. The molecule has 5 nitrogen and oxygen atoms in total. The molecule has 0 spiro atoms. The topological polar surface area (TPSA) is 62.7 Å². The van der Waals surface area contributed by atoms with Gasteiger partial charge in [0, 0.05) is 5.56 Å². The predicted molar refractivity (Wildman–Crippen MR) is 93.5 cm³/mol. The Balaban J connectivity index is 1.80. The van der Waals surface area contributed by atoms with Gasteiger partial charge in [0.05, 0.1) is 28.6 Å². The van der Waals surface area contributed by atoms with Crippen LogP contribution in [0.15, 0.2) is 42.5 Å². The van der Waals surface area contributed by atoms with Crippen LogP contribution >= 0.6 is 11.3 Å². The van der Waals surface area contributed by atoms with Crippen LogP contribution in [0.4, 0.5) is 14.5 Å². The van der Waals surface area contributed by atoms with Gasteiger partial charge in [0.2, 0.25) is 0 Å².